The van der Waals surface area contributed by atoms with E-state index >= 15 is 0 Å². The van der Waals surface area contributed by atoms with E-state index in [0.717, 1.165) is 17.7 Å². The quantitative estimate of drug-likeness (QED) is 0.907. The Hall–Kier alpha value is -1.85. The lowest BCUT2D eigenvalue weighted by molar-refractivity contribution is 0.134. The molecule has 1 aromatic heterocycles. The molecule has 0 bridgehead atoms. The number of carbonyl (C=O) groups excluding carboxylic acids is 1. The molecule has 3 rings (SSSR count). The highest BCUT2D eigenvalue weighted by atomic mass is 32.1. The standard InChI is InChI=1S/C16H18N2O2S/c1-11(6-12-4-5-21-10-12)17-16(19)18-15-3-2-13-8-20-9-14(13)7-15/h2-5,7,10-11H,6,8-9H2,1H3,(H2,17,18,19). The molecule has 2 N–H and O–H groups in total. The van der Waals surface area contributed by atoms with Crippen LogP contribution in [-0.2, 0) is 24.4 Å². The van der Waals surface area contributed by atoms with Crippen LogP contribution in [0.15, 0.2) is 35.0 Å². The van der Waals surface area contributed by atoms with Crippen molar-refractivity contribution >= 4 is 23.1 Å². The fraction of sp³-hybridized carbons (Fsp3) is 0.312. The fourth-order valence-electron chi connectivity index (χ4n) is 2.45. The Labute approximate surface area is 128 Å². The molecule has 2 aromatic rings. The summed E-state index contributed by atoms with van der Waals surface area (Å²) in [5.41, 5.74) is 4.41. The molecule has 0 saturated carbocycles. The van der Waals surface area contributed by atoms with Crippen molar-refractivity contribution in [3.05, 3.63) is 51.7 Å². The number of carbonyl (C=O) groups is 1. The van der Waals surface area contributed by atoms with E-state index in [1.165, 1.54) is 11.1 Å². The number of benzene rings is 1. The average molecular weight is 302 g/mol. The first-order valence-electron chi connectivity index (χ1n) is 6.99. The molecule has 1 unspecified atom stereocenters. The van der Waals surface area contributed by atoms with E-state index in [1.54, 1.807) is 11.3 Å². The molecular weight excluding hydrogens is 284 g/mol. The molecule has 110 valence electrons. The van der Waals surface area contributed by atoms with Gasteiger partial charge in [-0.15, -0.1) is 0 Å². The summed E-state index contributed by atoms with van der Waals surface area (Å²) in [6.07, 6.45) is 0.842. The molecule has 0 saturated heterocycles. The van der Waals surface area contributed by atoms with E-state index in [1.807, 2.05) is 25.1 Å². The third-order valence-electron chi connectivity index (χ3n) is 3.48. The first kappa shape index (κ1) is 14.1. The third kappa shape index (κ3) is 3.62. The number of amides is 2. The van der Waals surface area contributed by atoms with Crippen molar-refractivity contribution in [3.8, 4) is 0 Å². The van der Waals surface area contributed by atoms with Crippen LogP contribution < -0.4 is 10.6 Å². The zero-order chi connectivity index (χ0) is 14.7. The van der Waals surface area contributed by atoms with Gasteiger partial charge in [-0.2, -0.15) is 11.3 Å². The monoisotopic (exact) mass is 302 g/mol. The van der Waals surface area contributed by atoms with Gasteiger partial charge in [0.25, 0.3) is 0 Å². The normalized spacial score (nSPS) is 14.5. The minimum Gasteiger partial charge on any atom is -0.372 e. The van der Waals surface area contributed by atoms with E-state index in [2.05, 4.69) is 27.5 Å². The molecule has 1 atom stereocenters. The van der Waals surface area contributed by atoms with Crippen LogP contribution in [0.25, 0.3) is 0 Å². The maximum atomic E-state index is 12.0. The highest BCUT2D eigenvalue weighted by molar-refractivity contribution is 7.07. The highest BCUT2D eigenvalue weighted by Crippen LogP contribution is 2.23. The number of nitrogens with one attached hydrogen (secondary N) is 2. The van der Waals surface area contributed by atoms with Crippen LogP contribution in [-0.4, -0.2) is 12.1 Å². The second-order valence-electron chi connectivity index (χ2n) is 5.31. The molecule has 2 amide bonds. The van der Waals surface area contributed by atoms with Crippen molar-refractivity contribution in [2.24, 2.45) is 0 Å². The van der Waals surface area contributed by atoms with Crippen LogP contribution in [0.4, 0.5) is 10.5 Å². The van der Waals surface area contributed by atoms with E-state index in [9.17, 15) is 4.79 Å². The minimum absolute atomic E-state index is 0.0948. The fourth-order valence-corrected chi connectivity index (χ4v) is 3.14. The van der Waals surface area contributed by atoms with Crippen molar-refractivity contribution in [2.75, 3.05) is 5.32 Å². The SMILES string of the molecule is CC(Cc1ccsc1)NC(=O)Nc1ccc2c(c1)COC2. The second-order valence-corrected chi connectivity index (χ2v) is 6.09. The summed E-state index contributed by atoms with van der Waals surface area (Å²) in [5.74, 6) is 0. The van der Waals surface area contributed by atoms with Gasteiger partial charge in [-0.1, -0.05) is 6.07 Å². The van der Waals surface area contributed by atoms with Gasteiger partial charge in [0.1, 0.15) is 0 Å². The molecular formula is C16H18N2O2S. The van der Waals surface area contributed by atoms with Gasteiger partial charge < -0.3 is 15.4 Å². The topological polar surface area (TPSA) is 50.4 Å². The maximum absolute atomic E-state index is 12.0. The zero-order valence-electron chi connectivity index (χ0n) is 11.9. The Morgan fingerprint density at radius 3 is 3.00 bits per heavy atom. The summed E-state index contributed by atoms with van der Waals surface area (Å²) in [6.45, 7) is 3.30. The van der Waals surface area contributed by atoms with Gasteiger partial charge in [-0.25, -0.2) is 4.79 Å². The Kier molecular flexibility index (Phi) is 4.22. The first-order valence-corrected chi connectivity index (χ1v) is 7.93. The molecule has 0 radical (unpaired) electrons. The van der Waals surface area contributed by atoms with E-state index in [4.69, 9.17) is 4.74 Å². The molecule has 4 nitrogen and oxygen atoms in total. The van der Waals surface area contributed by atoms with Crippen molar-refractivity contribution in [3.63, 3.8) is 0 Å². The second kappa shape index (κ2) is 6.28. The van der Waals surface area contributed by atoms with Crippen LogP contribution in [0.5, 0.6) is 0 Å². The molecule has 21 heavy (non-hydrogen) atoms. The summed E-state index contributed by atoms with van der Waals surface area (Å²) in [7, 11) is 0. The highest BCUT2D eigenvalue weighted by Gasteiger charge is 2.13. The Bertz CT molecular complexity index is 625. The van der Waals surface area contributed by atoms with Gasteiger partial charge in [0.2, 0.25) is 0 Å². The van der Waals surface area contributed by atoms with Crippen LogP contribution in [0.1, 0.15) is 23.6 Å². The predicted octanol–water partition coefficient (Wildman–Crippen LogP) is 3.53. The average Bonchev–Trinajstić information content (AvgIpc) is 3.08. The minimum atomic E-state index is -0.170. The van der Waals surface area contributed by atoms with E-state index in [-0.39, 0.29) is 12.1 Å². The van der Waals surface area contributed by atoms with Gasteiger partial charge in [0, 0.05) is 11.7 Å². The lowest BCUT2D eigenvalue weighted by Gasteiger charge is -2.14. The molecule has 1 aliphatic heterocycles. The van der Waals surface area contributed by atoms with Gasteiger partial charge >= 0.3 is 6.03 Å². The summed E-state index contributed by atoms with van der Waals surface area (Å²) >= 11 is 1.67. The molecule has 2 heterocycles. The number of ether oxygens (including phenoxy) is 1. The van der Waals surface area contributed by atoms with Crippen LogP contribution in [0.3, 0.4) is 0 Å². The Morgan fingerprint density at radius 2 is 2.19 bits per heavy atom. The van der Waals surface area contributed by atoms with E-state index in [0.29, 0.717) is 13.2 Å². The first-order chi connectivity index (χ1) is 10.2. The Morgan fingerprint density at radius 1 is 1.33 bits per heavy atom. The smallest absolute Gasteiger partial charge is 0.319 e. The van der Waals surface area contributed by atoms with Crippen molar-refractivity contribution in [1.29, 1.82) is 0 Å². The molecule has 1 aliphatic rings. The van der Waals surface area contributed by atoms with Crippen LogP contribution in [0, 0.1) is 0 Å². The van der Waals surface area contributed by atoms with E-state index < -0.39 is 0 Å². The summed E-state index contributed by atoms with van der Waals surface area (Å²) < 4.78 is 5.37. The number of fused-ring (bicyclic) bond motifs is 1. The number of anilines is 1. The third-order valence-corrected chi connectivity index (χ3v) is 4.21. The summed E-state index contributed by atoms with van der Waals surface area (Å²) in [6, 6.07) is 7.91. The van der Waals surface area contributed by atoms with Crippen molar-refractivity contribution in [2.45, 2.75) is 32.6 Å². The largest absolute Gasteiger partial charge is 0.372 e. The molecule has 1 aromatic carbocycles. The summed E-state index contributed by atoms with van der Waals surface area (Å²) in [4.78, 5) is 12.0. The lowest BCUT2D eigenvalue weighted by atomic mass is 10.1. The lowest BCUT2D eigenvalue weighted by Crippen LogP contribution is -2.37. The molecule has 0 spiro atoms. The maximum Gasteiger partial charge on any atom is 0.319 e. The number of rotatable bonds is 4. The predicted molar refractivity (Wildman–Crippen MR) is 84.6 cm³/mol. The molecule has 0 aliphatic carbocycles. The number of hydrogen-bond donors (Lipinski definition) is 2. The van der Waals surface area contributed by atoms with Crippen LogP contribution in [0.2, 0.25) is 0 Å². The molecule has 5 heteroatoms. The summed E-state index contributed by atoms with van der Waals surface area (Å²) in [5, 5.41) is 9.99. The molecule has 0 fully saturated rings. The van der Waals surface area contributed by atoms with Gasteiger partial charge in [-0.05, 0) is 59.0 Å². The van der Waals surface area contributed by atoms with Gasteiger partial charge in [0.05, 0.1) is 13.2 Å². The zero-order valence-corrected chi connectivity index (χ0v) is 12.7. The van der Waals surface area contributed by atoms with Crippen molar-refractivity contribution < 1.29 is 9.53 Å². The number of hydrogen-bond acceptors (Lipinski definition) is 3. The van der Waals surface area contributed by atoms with Gasteiger partial charge in [0.15, 0.2) is 0 Å². The van der Waals surface area contributed by atoms with Crippen LogP contribution >= 0.6 is 11.3 Å². The number of thiophene rings is 1. The Balaban J connectivity index is 1.54. The van der Waals surface area contributed by atoms with Gasteiger partial charge in [-0.3, -0.25) is 0 Å². The number of urea groups is 1. The van der Waals surface area contributed by atoms with Crippen molar-refractivity contribution in [1.82, 2.24) is 5.32 Å².